The van der Waals surface area contributed by atoms with Crippen molar-refractivity contribution < 1.29 is 28.2 Å². The molecule has 1 aliphatic heterocycles. The Morgan fingerprint density at radius 2 is 2.08 bits per heavy atom. The standard InChI is InChI=1S/C27H25FN4O5/c1-16-5-2-3-6-19(16)30-27-31-20-10-8-17(13-22(20)36-27)14-24(33)32-12-4-7-21(32)25(28)37-23-11-9-18(15-29-23)26(34)35/h2-3,5-6,8-11,13,15,21,25H,4,7,12,14H2,1H3,(H,30,31)(H,34,35)/t21-,25?/m0/s1. The fourth-order valence-electron chi connectivity index (χ4n) is 4.38. The molecule has 2 aromatic heterocycles. The molecular weight excluding hydrogens is 479 g/mol. The average molecular weight is 505 g/mol. The number of para-hydroxylation sites is 1. The molecule has 5 rings (SSSR count). The molecule has 1 saturated heterocycles. The molecule has 4 aromatic rings. The first-order valence-corrected chi connectivity index (χ1v) is 11.9. The number of hydrogen-bond acceptors (Lipinski definition) is 7. The lowest BCUT2D eigenvalue weighted by molar-refractivity contribution is -0.135. The molecule has 9 nitrogen and oxygen atoms in total. The number of halogens is 1. The summed E-state index contributed by atoms with van der Waals surface area (Å²) in [7, 11) is 0. The third-order valence-electron chi connectivity index (χ3n) is 6.33. The van der Waals surface area contributed by atoms with E-state index >= 15 is 4.39 Å². The van der Waals surface area contributed by atoms with Crippen molar-refractivity contribution in [3.05, 3.63) is 77.5 Å². The van der Waals surface area contributed by atoms with Crippen LogP contribution >= 0.6 is 0 Å². The predicted octanol–water partition coefficient (Wildman–Crippen LogP) is 4.88. The number of nitrogens with one attached hydrogen (secondary N) is 1. The summed E-state index contributed by atoms with van der Waals surface area (Å²) in [4.78, 5) is 33.8. The number of anilines is 2. The van der Waals surface area contributed by atoms with Crippen molar-refractivity contribution in [1.82, 2.24) is 14.9 Å². The van der Waals surface area contributed by atoms with E-state index in [0.29, 0.717) is 36.5 Å². The van der Waals surface area contributed by atoms with Gasteiger partial charge in [-0.05, 0) is 55.2 Å². The minimum Gasteiger partial charge on any atom is -0.478 e. The van der Waals surface area contributed by atoms with Crippen LogP contribution in [0.2, 0.25) is 0 Å². The highest BCUT2D eigenvalue weighted by Crippen LogP contribution is 2.27. The highest BCUT2D eigenvalue weighted by molar-refractivity contribution is 5.87. The van der Waals surface area contributed by atoms with E-state index < -0.39 is 18.4 Å². The first kappa shape index (κ1) is 24.2. The van der Waals surface area contributed by atoms with E-state index in [0.717, 1.165) is 23.0 Å². The number of fused-ring (bicyclic) bond motifs is 1. The SMILES string of the molecule is Cc1ccccc1Nc1nc2ccc(CC(=O)N3CCC[C@H]3C(F)Oc3ccc(C(=O)O)cn3)cc2o1. The van der Waals surface area contributed by atoms with Gasteiger partial charge in [0.15, 0.2) is 5.58 Å². The number of carbonyl (C=O) groups excluding carboxylic acids is 1. The lowest BCUT2D eigenvalue weighted by Crippen LogP contribution is -2.44. The molecule has 0 spiro atoms. The van der Waals surface area contributed by atoms with Gasteiger partial charge in [-0.2, -0.15) is 9.37 Å². The monoisotopic (exact) mass is 504 g/mol. The number of aromatic nitrogens is 2. The van der Waals surface area contributed by atoms with Crippen LogP contribution < -0.4 is 10.1 Å². The zero-order chi connectivity index (χ0) is 25.9. The molecule has 0 radical (unpaired) electrons. The Balaban J connectivity index is 1.24. The largest absolute Gasteiger partial charge is 0.478 e. The molecule has 0 aliphatic carbocycles. The molecule has 1 amide bonds. The summed E-state index contributed by atoms with van der Waals surface area (Å²) in [6.07, 6.45) is 0.493. The van der Waals surface area contributed by atoms with Crippen LogP contribution in [0.4, 0.5) is 16.1 Å². The Labute approximate surface area is 211 Å². The second-order valence-corrected chi connectivity index (χ2v) is 8.89. The smallest absolute Gasteiger partial charge is 0.337 e. The van der Waals surface area contributed by atoms with E-state index in [-0.39, 0.29) is 23.8 Å². The van der Waals surface area contributed by atoms with Gasteiger partial charge in [-0.1, -0.05) is 24.3 Å². The van der Waals surface area contributed by atoms with E-state index in [9.17, 15) is 9.59 Å². The zero-order valence-electron chi connectivity index (χ0n) is 20.1. The molecule has 0 saturated carbocycles. The van der Waals surface area contributed by atoms with Gasteiger partial charge in [0, 0.05) is 24.5 Å². The molecule has 2 atom stereocenters. The molecule has 3 heterocycles. The van der Waals surface area contributed by atoms with Crippen LogP contribution in [0.5, 0.6) is 5.88 Å². The summed E-state index contributed by atoms with van der Waals surface area (Å²) in [6.45, 7) is 2.41. The van der Waals surface area contributed by atoms with Crippen LogP contribution in [0.15, 0.2) is 65.2 Å². The van der Waals surface area contributed by atoms with Gasteiger partial charge in [-0.25, -0.2) is 9.78 Å². The third kappa shape index (κ3) is 5.37. The molecule has 1 aliphatic rings. The van der Waals surface area contributed by atoms with Crippen molar-refractivity contribution in [3.63, 3.8) is 0 Å². The number of hydrogen-bond donors (Lipinski definition) is 2. The van der Waals surface area contributed by atoms with Crippen molar-refractivity contribution in [3.8, 4) is 5.88 Å². The van der Waals surface area contributed by atoms with Gasteiger partial charge < -0.3 is 24.5 Å². The molecule has 0 bridgehead atoms. The number of rotatable bonds is 8. The Bertz CT molecular complexity index is 1440. The summed E-state index contributed by atoms with van der Waals surface area (Å²) in [6, 6.07) is 15.3. The van der Waals surface area contributed by atoms with Crippen LogP contribution in [0, 0.1) is 6.92 Å². The molecule has 190 valence electrons. The Morgan fingerprint density at radius 1 is 1.24 bits per heavy atom. The number of alkyl halides is 1. The Hall–Kier alpha value is -4.47. The first-order valence-electron chi connectivity index (χ1n) is 11.9. The number of likely N-dealkylation sites (tertiary alicyclic amines) is 1. The fourth-order valence-corrected chi connectivity index (χ4v) is 4.38. The summed E-state index contributed by atoms with van der Waals surface area (Å²) in [5.74, 6) is -1.39. The second-order valence-electron chi connectivity index (χ2n) is 8.89. The molecule has 1 fully saturated rings. The van der Waals surface area contributed by atoms with Crippen molar-refractivity contribution in [2.75, 3.05) is 11.9 Å². The van der Waals surface area contributed by atoms with Crippen molar-refractivity contribution in [2.45, 2.75) is 38.6 Å². The van der Waals surface area contributed by atoms with Gasteiger partial charge in [0.1, 0.15) is 5.52 Å². The van der Waals surface area contributed by atoms with Gasteiger partial charge >= 0.3 is 5.97 Å². The number of aromatic carboxylic acids is 1. The van der Waals surface area contributed by atoms with Crippen molar-refractivity contribution >= 4 is 34.7 Å². The zero-order valence-corrected chi connectivity index (χ0v) is 20.1. The summed E-state index contributed by atoms with van der Waals surface area (Å²) < 4.78 is 26.2. The van der Waals surface area contributed by atoms with E-state index in [1.165, 1.54) is 17.0 Å². The Kier molecular flexibility index (Phi) is 6.72. The number of pyridine rings is 1. The highest BCUT2D eigenvalue weighted by atomic mass is 19.1. The molecule has 10 heteroatoms. The van der Waals surface area contributed by atoms with Gasteiger partial charge in [-0.15, -0.1) is 0 Å². The maximum atomic E-state index is 15.0. The van der Waals surface area contributed by atoms with E-state index in [1.54, 1.807) is 12.1 Å². The van der Waals surface area contributed by atoms with Crippen LogP contribution in [-0.2, 0) is 11.2 Å². The van der Waals surface area contributed by atoms with Crippen LogP contribution in [0.1, 0.15) is 34.3 Å². The number of aryl methyl sites for hydroxylation is 1. The number of benzene rings is 2. The van der Waals surface area contributed by atoms with Gasteiger partial charge in [0.2, 0.25) is 11.8 Å². The maximum Gasteiger partial charge on any atom is 0.337 e. The van der Waals surface area contributed by atoms with E-state index in [2.05, 4.69) is 15.3 Å². The first-order chi connectivity index (χ1) is 17.9. The van der Waals surface area contributed by atoms with Gasteiger partial charge in [-0.3, -0.25) is 4.79 Å². The van der Waals surface area contributed by atoms with E-state index in [1.807, 2.05) is 37.3 Å². The van der Waals surface area contributed by atoms with Crippen LogP contribution in [0.25, 0.3) is 11.1 Å². The normalized spacial score (nSPS) is 16.1. The number of carboxylic acids is 1. The second kappa shape index (κ2) is 10.3. The molecule has 2 aromatic carbocycles. The number of amides is 1. The van der Waals surface area contributed by atoms with Crippen molar-refractivity contribution in [1.29, 1.82) is 0 Å². The number of carbonyl (C=O) groups is 2. The Morgan fingerprint density at radius 3 is 2.84 bits per heavy atom. The van der Waals surface area contributed by atoms with Crippen LogP contribution in [-0.4, -0.2) is 50.8 Å². The number of ether oxygens (including phenoxy) is 1. The summed E-state index contributed by atoms with van der Waals surface area (Å²) in [5, 5.41) is 12.1. The quantitative estimate of drug-likeness (QED) is 0.349. The van der Waals surface area contributed by atoms with E-state index in [4.69, 9.17) is 14.3 Å². The predicted molar refractivity (Wildman–Crippen MR) is 134 cm³/mol. The van der Waals surface area contributed by atoms with Crippen LogP contribution in [0.3, 0.4) is 0 Å². The summed E-state index contributed by atoms with van der Waals surface area (Å²) >= 11 is 0. The summed E-state index contributed by atoms with van der Waals surface area (Å²) in [5.41, 5.74) is 3.85. The number of oxazole rings is 1. The minimum absolute atomic E-state index is 0.0257. The molecule has 2 N–H and O–H groups in total. The molecular formula is C27H25FN4O5. The fraction of sp³-hybridized carbons (Fsp3) is 0.259. The van der Waals surface area contributed by atoms with Gasteiger partial charge in [0.05, 0.1) is 18.0 Å². The molecule has 37 heavy (non-hydrogen) atoms. The van der Waals surface area contributed by atoms with Crippen molar-refractivity contribution in [2.24, 2.45) is 0 Å². The third-order valence-corrected chi connectivity index (χ3v) is 6.33. The number of nitrogens with zero attached hydrogens (tertiary/aromatic N) is 3. The average Bonchev–Trinajstić information content (AvgIpc) is 3.53. The topological polar surface area (TPSA) is 118 Å². The lowest BCUT2D eigenvalue weighted by Gasteiger charge is -2.27. The number of carboxylic acid groups (broad SMARTS) is 1. The molecule has 1 unspecified atom stereocenters. The minimum atomic E-state index is -1.79. The highest BCUT2D eigenvalue weighted by Gasteiger charge is 2.36. The maximum absolute atomic E-state index is 15.0. The lowest BCUT2D eigenvalue weighted by atomic mass is 10.1. The van der Waals surface area contributed by atoms with Gasteiger partial charge in [0.25, 0.3) is 12.4 Å².